The number of nitrogens with zero attached hydrogens (tertiary/aromatic N) is 4. The number of fused-ring (bicyclic) bond motifs is 1. The molecule has 0 fully saturated rings. The summed E-state index contributed by atoms with van der Waals surface area (Å²) in [6, 6.07) is 30.3. The molecule has 2 aliphatic rings. The molecule has 0 saturated carbocycles. The molecule has 4 aromatic carbocycles. The lowest BCUT2D eigenvalue weighted by Crippen LogP contribution is -2.49. The van der Waals surface area contributed by atoms with Crippen molar-refractivity contribution in [2.24, 2.45) is 4.99 Å². The summed E-state index contributed by atoms with van der Waals surface area (Å²) in [5, 5.41) is 13.3. The van der Waals surface area contributed by atoms with Crippen LogP contribution in [0.25, 0.3) is 11.5 Å². The lowest BCUT2D eigenvalue weighted by Gasteiger charge is -2.33. The molecular weight excluding hydrogens is 624 g/mol. The van der Waals surface area contributed by atoms with Crippen LogP contribution in [0, 0.1) is 0 Å². The first-order chi connectivity index (χ1) is 24.0. The van der Waals surface area contributed by atoms with E-state index in [2.05, 4.69) is 10.1 Å². The van der Waals surface area contributed by atoms with E-state index in [-0.39, 0.29) is 19.1 Å². The number of methoxy groups -OCH3 is 2. The third-order valence-corrected chi connectivity index (χ3v) is 8.77. The average molecular weight is 661 g/mol. The molecule has 3 heterocycles. The Kier molecular flexibility index (Phi) is 8.99. The van der Waals surface area contributed by atoms with Crippen LogP contribution in [0.15, 0.2) is 107 Å². The number of hydrogen-bond acceptors (Lipinski definition) is 10. The fraction of sp³-hybridized carbons (Fsp3) is 0.263. The molecule has 1 aromatic heterocycles. The minimum absolute atomic E-state index is 0.0567. The Morgan fingerprint density at radius 3 is 2.37 bits per heavy atom. The summed E-state index contributed by atoms with van der Waals surface area (Å²) in [7, 11) is 3.22. The van der Waals surface area contributed by atoms with Gasteiger partial charge in [0, 0.05) is 37.1 Å². The lowest BCUT2D eigenvalue weighted by atomic mass is 9.81. The van der Waals surface area contributed by atoms with Crippen LogP contribution in [0.5, 0.6) is 17.2 Å². The summed E-state index contributed by atoms with van der Waals surface area (Å²) >= 11 is 0. The number of rotatable bonds is 11. The molecular formula is C38H36N4O7. The van der Waals surface area contributed by atoms with Crippen molar-refractivity contribution in [2.45, 2.75) is 37.6 Å². The zero-order chi connectivity index (χ0) is 33.8. The van der Waals surface area contributed by atoms with Gasteiger partial charge < -0.3 is 33.5 Å². The van der Waals surface area contributed by atoms with Gasteiger partial charge in [-0.05, 0) is 77.4 Å². The normalized spacial score (nSPS) is 18.4. The molecule has 250 valence electrons. The summed E-state index contributed by atoms with van der Waals surface area (Å²) in [5.74, 6) is 2.87. The van der Waals surface area contributed by atoms with Crippen LogP contribution in [0.2, 0.25) is 0 Å². The van der Waals surface area contributed by atoms with Gasteiger partial charge in [-0.3, -0.25) is 4.79 Å². The van der Waals surface area contributed by atoms with Gasteiger partial charge in [0.05, 0.1) is 27.4 Å². The zero-order valence-corrected chi connectivity index (χ0v) is 27.2. The number of benzene rings is 4. The minimum atomic E-state index is -1.35. The maximum absolute atomic E-state index is 15.1. The fourth-order valence-corrected chi connectivity index (χ4v) is 6.27. The van der Waals surface area contributed by atoms with Gasteiger partial charge in [-0.15, -0.1) is 0 Å². The standard InChI is InChI=1S/C38H36N4O7/c1-45-30-15-11-25(12-16-30)35-39-33(41-49-35)24-42-23-29-8-4-3-7-28(29)22-38(37(42)44)34(27-9-5-10-32(21-27)46-2)48-36(40-38)26-13-17-31(18-14-26)47-20-6-19-43/h3-5,7-18,21,34,43H,6,19-20,22-24H2,1-2H3/t34-,38-/m1/s1. The molecule has 0 unspecified atom stereocenters. The first-order valence-corrected chi connectivity index (χ1v) is 16.1. The summed E-state index contributed by atoms with van der Waals surface area (Å²) < 4.78 is 28.9. The smallest absolute Gasteiger partial charge is 0.257 e. The summed E-state index contributed by atoms with van der Waals surface area (Å²) in [5.41, 5.74) is 2.86. The second-order valence-corrected chi connectivity index (χ2v) is 11.9. The molecule has 2 atom stereocenters. The van der Waals surface area contributed by atoms with Crippen molar-refractivity contribution < 1.29 is 33.4 Å². The largest absolute Gasteiger partial charge is 0.497 e. The molecule has 0 bridgehead atoms. The highest BCUT2D eigenvalue weighted by atomic mass is 16.5. The molecule has 11 nitrogen and oxygen atoms in total. The van der Waals surface area contributed by atoms with Crippen molar-refractivity contribution in [3.8, 4) is 28.7 Å². The number of aliphatic hydroxyl groups is 1. The van der Waals surface area contributed by atoms with E-state index < -0.39 is 11.6 Å². The van der Waals surface area contributed by atoms with Crippen molar-refractivity contribution >= 4 is 11.8 Å². The van der Waals surface area contributed by atoms with Gasteiger partial charge in [0.1, 0.15) is 17.2 Å². The number of aliphatic hydroxyl groups excluding tert-OH is 1. The number of hydrogen-bond donors (Lipinski definition) is 1. The second kappa shape index (κ2) is 13.8. The average Bonchev–Trinajstić information content (AvgIpc) is 3.75. The van der Waals surface area contributed by atoms with E-state index in [9.17, 15) is 0 Å². The van der Waals surface area contributed by atoms with E-state index >= 15 is 4.79 Å². The Bertz CT molecular complexity index is 1960. The maximum atomic E-state index is 15.1. The van der Waals surface area contributed by atoms with Gasteiger partial charge in [0.25, 0.3) is 11.8 Å². The highest BCUT2D eigenvalue weighted by Gasteiger charge is 2.56. The van der Waals surface area contributed by atoms with E-state index in [1.165, 1.54) is 0 Å². The first-order valence-electron chi connectivity index (χ1n) is 16.1. The first kappa shape index (κ1) is 31.9. The molecule has 5 aromatic rings. The van der Waals surface area contributed by atoms with Crippen LogP contribution in [-0.4, -0.2) is 64.9 Å². The van der Waals surface area contributed by atoms with Crippen LogP contribution in [-0.2, 0) is 29.0 Å². The molecule has 7 rings (SSSR count). The number of aromatic nitrogens is 2. The highest BCUT2D eigenvalue weighted by molar-refractivity contribution is 6.01. The van der Waals surface area contributed by atoms with Crippen molar-refractivity contribution in [3.05, 3.63) is 125 Å². The molecule has 0 aliphatic carbocycles. The van der Waals surface area contributed by atoms with Crippen LogP contribution in [0.4, 0.5) is 0 Å². The van der Waals surface area contributed by atoms with E-state index in [1.54, 1.807) is 19.1 Å². The quantitative estimate of drug-likeness (QED) is 0.181. The molecule has 1 N–H and O–H groups in total. The molecule has 49 heavy (non-hydrogen) atoms. The van der Waals surface area contributed by atoms with Crippen molar-refractivity contribution in [3.63, 3.8) is 0 Å². The van der Waals surface area contributed by atoms with Gasteiger partial charge in [-0.1, -0.05) is 41.6 Å². The fourth-order valence-electron chi connectivity index (χ4n) is 6.27. The van der Waals surface area contributed by atoms with Crippen molar-refractivity contribution in [2.75, 3.05) is 27.4 Å². The molecule has 0 radical (unpaired) electrons. The Morgan fingerprint density at radius 1 is 0.878 bits per heavy atom. The van der Waals surface area contributed by atoms with Crippen LogP contribution in [0.3, 0.4) is 0 Å². The highest BCUT2D eigenvalue weighted by Crippen LogP contribution is 2.46. The van der Waals surface area contributed by atoms with Gasteiger partial charge in [0.2, 0.25) is 5.90 Å². The zero-order valence-electron chi connectivity index (χ0n) is 27.2. The number of ether oxygens (including phenoxy) is 4. The lowest BCUT2D eigenvalue weighted by molar-refractivity contribution is -0.140. The van der Waals surface area contributed by atoms with E-state index in [4.69, 9.17) is 33.6 Å². The number of aliphatic imine (C=N–C) groups is 1. The van der Waals surface area contributed by atoms with Crippen LogP contribution < -0.4 is 14.2 Å². The van der Waals surface area contributed by atoms with E-state index in [0.717, 1.165) is 22.3 Å². The second-order valence-electron chi connectivity index (χ2n) is 11.9. The Morgan fingerprint density at radius 2 is 1.61 bits per heavy atom. The number of carbonyl (C=O) groups is 1. The van der Waals surface area contributed by atoms with Crippen LogP contribution >= 0.6 is 0 Å². The topological polar surface area (TPSA) is 129 Å². The molecule has 1 amide bonds. The van der Waals surface area contributed by atoms with Crippen molar-refractivity contribution in [1.82, 2.24) is 15.0 Å². The third kappa shape index (κ3) is 6.44. The van der Waals surface area contributed by atoms with Crippen LogP contribution in [0.1, 0.15) is 40.6 Å². The summed E-state index contributed by atoms with van der Waals surface area (Å²) in [4.78, 5) is 26.6. The van der Waals surface area contributed by atoms with Crippen molar-refractivity contribution in [1.29, 1.82) is 0 Å². The Balaban J connectivity index is 1.28. The van der Waals surface area contributed by atoms with Gasteiger partial charge in [0.15, 0.2) is 17.5 Å². The number of amides is 1. The van der Waals surface area contributed by atoms with Gasteiger partial charge >= 0.3 is 0 Å². The monoisotopic (exact) mass is 660 g/mol. The van der Waals surface area contributed by atoms with Gasteiger partial charge in [-0.25, -0.2) is 4.99 Å². The Labute approximate surface area is 283 Å². The Hall–Kier alpha value is -5.68. The third-order valence-electron chi connectivity index (χ3n) is 8.77. The molecule has 2 aliphatic heterocycles. The number of carbonyl (C=O) groups excluding carboxylic acids is 1. The predicted molar refractivity (Wildman–Crippen MR) is 180 cm³/mol. The molecule has 11 heteroatoms. The minimum Gasteiger partial charge on any atom is -0.497 e. The van der Waals surface area contributed by atoms with Gasteiger partial charge in [-0.2, -0.15) is 4.98 Å². The van der Waals surface area contributed by atoms with E-state index in [0.29, 0.717) is 66.4 Å². The SMILES string of the molecule is COc1ccc(-c2nc(CN3Cc4ccccc4C[C@]4(N=C(c5ccc(OCCCO)cc5)O[C@@H]4c4cccc(OC)c4)C3=O)no2)cc1. The summed E-state index contributed by atoms with van der Waals surface area (Å²) in [6.07, 6.45) is 0.0873. The molecule has 0 saturated heterocycles. The summed E-state index contributed by atoms with van der Waals surface area (Å²) in [6.45, 7) is 0.893. The van der Waals surface area contributed by atoms with E-state index in [1.807, 2.05) is 97.1 Å². The predicted octanol–water partition coefficient (Wildman–Crippen LogP) is 5.56. The maximum Gasteiger partial charge on any atom is 0.257 e. The molecule has 1 spiro atoms.